The van der Waals surface area contributed by atoms with Crippen LogP contribution in [0.25, 0.3) is 0 Å². The van der Waals surface area contributed by atoms with Gasteiger partial charge < -0.3 is 0 Å². The lowest BCUT2D eigenvalue weighted by Gasteiger charge is -2.10. The van der Waals surface area contributed by atoms with Crippen molar-refractivity contribution in [3.63, 3.8) is 0 Å². The van der Waals surface area contributed by atoms with E-state index in [2.05, 4.69) is 32.6 Å². The van der Waals surface area contributed by atoms with Gasteiger partial charge in [0.05, 0.1) is 0 Å². The fourth-order valence-corrected chi connectivity index (χ4v) is 3.08. The van der Waals surface area contributed by atoms with E-state index in [0.717, 1.165) is 12.8 Å². The minimum Gasteiger partial charge on any atom is -0.263 e. The minimum absolute atomic E-state index is 0.170. The molecular weight excluding hydrogens is 292 g/mol. The summed E-state index contributed by atoms with van der Waals surface area (Å²) in [4.78, 5) is 4.15. The topological polar surface area (TPSA) is 59.1 Å². The van der Waals surface area contributed by atoms with Crippen LogP contribution in [-0.2, 0) is 10.0 Å². The summed E-state index contributed by atoms with van der Waals surface area (Å²) in [6.07, 6.45) is 4.84. The molecule has 0 aromatic carbocycles. The Balaban J connectivity index is 2.60. The third-order valence-electron chi connectivity index (χ3n) is 2.04. The molecule has 0 saturated heterocycles. The van der Waals surface area contributed by atoms with E-state index in [0.29, 0.717) is 6.54 Å². The van der Waals surface area contributed by atoms with Crippen molar-refractivity contribution in [1.29, 1.82) is 0 Å². The highest BCUT2D eigenvalue weighted by molar-refractivity contribution is 9.09. The molecular formula is C10H15BrN2O2S. The van der Waals surface area contributed by atoms with E-state index in [1.165, 1.54) is 12.3 Å². The van der Waals surface area contributed by atoms with Crippen molar-refractivity contribution < 1.29 is 8.42 Å². The van der Waals surface area contributed by atoms with Crippen LogP contribution in [0.15, 0.2) is 29.4 Å². The van der Waals surface area contributed by atoms with Crippen molar-refractivity contribution in [1.82, 2.24) is 9.71 Å². The minimum atomic E-state index is -3.42. The molecule has 0 bridgehead atoms. The Kier molecular flexibility index (Phi) is 5.37. The number of hydrogen-bond acceptors (Lipinski definition) is 3. The second kappa shape index (κ2) is 6.32. The largest absolute Gasteiger partial charge is 0.263 e. The summed E-state index contributed by atoms with van der Waals surface area (Å²) in [5.41, 5.74) is 0. The van der Waals surface area contributed by atoms with Gasteiger partial charge in [-0.3, -0.25) is 4.98 Å². The van der Waals surface area contributed by atoms with Crippen LogP contribution >= 0.6 is 15.9 Å². The molecule has 16 heavy (non-hydrogen) atoms. The lowest BCUT2D eigenvalue weighted by atomic mass is 10.2. The zero-order valence-electron chi connectivity index (χ0n) is 9.06. The van der Waals surface area contributed by atoms with E-state index in [1.807, 2.05) is 0 Å². The first-order valence-corrected chi connectivity index (χ1v) is 7.50. The van der Waals surface area contributed by atoms with Crippen molar-refractivity contribution in [2.75, 3.05) is 6.54 Å². The van der Waals surface area contributed by atoms with E-state index in [1.54, 1.807) is 12.3 Å². The van der Waals surface area contributed by atoms with Crippen LogP contribution in [0.3, 0.4) is 0 Å². The van der Waals surface area contributed by atoms with Gasteiger partial charge in [0.25, 0.3) is 0 Å². The monoisotopic (exact) mass is 306 g/mol. The summed E-state index contributed by atoms with van der Waals surface area (Å²) in [5, 5.41) is 0. The van der Waals surface area contributed by atoms with E-state index in [4.69, 9.17) is 0 Å². The summed E-state index contributed by atoms with van der Waals surface area (Å²) in [7, 11) is -3.42. The molecule has 1 unspecified atom stereocenters. The van der Waals surface area contributed by atoms with Crippen LogP contribution in [0.2, 0.25) is 0 Å². The van der Waals surface area contributed by atoms with E-state index < -0.39 is 10.0 Å². The maximum atomic E-state index is 11.8. The molecule has 0 spiro atoms. The molecule has 1 N–H and O–H groups in total. The highest BCUT2D eigenvalue weighted by atomic mass is 79.9. The van der Waals surface area contributed by atoms with Crippen molar-refractivity contribution in [2.45, 2.75) is 29.5 Å². The predicted molar refractivity (Wildman–Crippen MR) is 67.0 cm³/mol. The first-order chi connectivity index (χ1) is 7.56. The summed E-state index contributed by atoms with van der Waals surface area (Å²) in [6, 6.07) is 3.13. The summed E-state index contributed by atoms with van der Waals surface area (Å²) in [5.74, 6) is 0. The molecule has 0 radical (unpaired) electrons. The smallest absolute Gasteiger partial charge is 0.242 e. The van der Waals surface area contributed by atoms with Crippen LogP contribution in [-0.4, -0.2) is 24.8 Å². The molecule has 0 amide bonds. The molecule has 1 aromatic rings. The zero-order chi connectivity index (χ0) is 12.0. The summed E-state index contributed by atoms with van der Waals surface area (Å²) >= 11 is 3.42. The summed E-state index contributed by atoms with van der Waals surface area (Å²) in [6.45, 7) is 2.45. The average molecular weight is 307 g/mol. The van der Waals surface area contributed by atoms with Crippen molar-refractivity contribution in [3.8, 4) is 0 Å². The number of nitrogens with one attached hydrogen (secondary N) is 1. The van der Waals surface area contributed by atoms with Gasteiger partial charge in [-0.1, -0.05) is 29.3 Å². The Morgan fingerprint density at radius 3 is 2.88 bits per heavy atom. The number of halogens is 1. The van der Waals surface area contributed by atoms with Gasteiger partial charge in [-0.05, 0) is 18.6 Å². The Morgan fingerprint density at radius 2 is 2.31 bits per heavy atom. The Hall–Kier alpha value is -0.460. The highest BCUT2D eigenvalue weighted by Crippen LogP contribution is 2.09. The fraction of sp³-hybridized carbons (Fsp3) is 0.500. The molecule has 0 aliphatic rings. The summed E-state index contributed by atoms with van der Waals surface area (Å²) < 4.78 is 26.1. The first kappa shape index (κ1) is 13.6. The predicted octanol–water partition coefficient (Wildman–Crippen LogP) is 1.92. The Morgan fingerprint density at radius 1 is 1.56 bits per heavy atom. The van der Waals surface area contributed by atoms with Crippen LogP contribution in [0, 0.1) is 0 Å². The normalized spacial score (nSPS) is 13.6. The maximum Gasteiger partial charge on any atom is 0.242 e. The number of pyridine rings is 1. The number of rotatable bonds is 6. The molecule has 90 valence electrons. The third-order valence-corrected chi connectivity index (χ3v) is 4.23. The number of hydrogen-bond donors (Lipinski definition) is 1. The van der Waals surface area contributed by atoms with Crippen molar-refractivity contribution in [3.05, 3.63) is 24.5 Å². The number of alkyl halides is 1. The van der Waals surface area contributed by atoms with Crippen LogP contribution in [0.5, 0.6) is 0 Å². The van der Waals surface area contributed by atoms with Crippen molar-refractivity contribution in [2.24, 2.45) is 0 Å². The molecule has 0 aliphatic carbocycles. The lowest BCUT2D eigenvalue weighted by molar-refractivity contribution is 0.578. The van der Waals surface area contributed by atoms with Crippen LogP contribution in [0.1, 0.15) is 19.8 Å². The zero-order valence-corrected chi connectivity index (χ0v) is 11.5. The maximum absolute atomic E-state index is 11.8. The molecule has 1 aromatic heterocycles. The quantitative estimate of drug-likeness (QED) is 0.817. The molecule has 4 nitrogen and oxygen atoms in total. The molecule has 1 heterocycles. The SMILES string of the molecule is CCCC(Br)CNS(=O)(=O)c1cccnc1. The second-order valence-corrected chi connectivity index (χ2v) is 6.49. The second-order valence-electron chi connectivity index (χ2n) is 3.43. The number of sulfonamides is 1. The Labute approximate surface area is 105 Å². The molecule has 1 rings (SSSR count). The molecule has 0 aliphatic heterocycles. The lowest BCUT2D eigenvalue weighted by Crippen LogP contribution is -2.29. The first-order valence-electron chi connectivity index (χ1n) is 5.10. The van der Waals surface area contributed by atoms with Crippen LogP contribution in [0.4, 0.5) is 0 Å². The fourth-order valence-electron chi connectivity index (χ4n) is 1.20. The van der Waals surface area contributed by atoms with Gasteiger partial charge in [0.2, 0.25) is 10.0 Å². The number of nitrogens with zero attached hydrogens (tertiary/aromatic N) is 1. The van der Waals surface area contributed by atoms with Crippen LogP contribution < -0.4 is 4.72 Å². The highest BCUT2D eigenvalue weighted by Gasteiger charge is 2.15. The third kappa shape index (κ3) is 4.19. The molecule has 0 fully saturated rings. The molecule has 6 heteroatoms. The van der Waals surface area contributed by atoms with E-state index in [9.17, 15) is 8.42 Å². The van der Waals surface area contributed by atoms with Gasteiger partial charge in [0, 0.05) is 23.8 Å². The average Bonchev–Trinajstić information content (AvgIpc) is 2.28. The molecule has 1 atom stereocenters. The van der Waals surface area contributed by atoms with E-state index >= 15 is 0 Å². The van der Waals surface area contributed by atoms with Gasteiger partial charge in [0.1, 0.15) is 4.90 Å². The van der Waals surface area contributed by atoms with E-state index in [-0.39, 0.29) is 9.72 Å². The van der Waals surface area contributed by atoms with Gasteiger partial charge in [0.15, 0.2) is 0 Å². The van der Waals surface area contributed by atoms with Gasteiger partial charge in [-0.25, -0.2) is 13.1 Å². The number of aromatic nitrogens is 1. The molecule has 0 saturated carbocycles. The van der Waals surface area contributed by atoms with Crippen molar-refractivity contribution >= 4 is 26.0 Å². The van der Waals surface area contributed by atoms with Gasteiger partial charge >= 0.3 is 0 Å². The Bertz CT molecular complexity index is 408. The standard InChI is InChI=1S/C10H15BrN2O2S/c1-2-4-9(11)7-13-16(14,15)10-5-3-6-12-8-10/h3,5-6,8-9,13H,2,4,7H2,1H3. The van der Waals surface area contributed by atoms with Gasteiger partial charge in [-0.15, -0.1) is 0 Å². The van der Waals surface area contributed by atoms with Gasteiger partial charge in [-0.2, -0.15) is 0 Å².